The summed E-state index contributed by atoms with van der Waals surface area (Å²) in [6.07, 6.45) is 4.96. The van der Waals surface area contributed by atoms with E-state index in [9.17, 15) is 15.2 Å². The number of aliphatic hydroxyl groups excluding tert-OH is 1. The highest BCUT2D eigenvalue weighted by molar-refractivity contribution is 5.76. The van der Waals surface area contributed by atoms with E-state index in [0.717, 1.165) is 25.9 Å². The van der Waals surface area contributed by atoms with Crippen molar-refractivity contribution in [1.82, 2.24) is 20.0 Å². The largest absolute Gasteiger partial charge is 0.393 e. The first kappa shape index (κ1) is 21.7. The fraction of sp³-hybridized carbons (Fsp3) is 0.680. The van der Waals surface area contributed by atoms with Gasteiger partial charge in [0.25, 0.3) is 0 Å². The molecule has 2 N–H and O–H groups in total. The number of hydrogen-bond donors (Lipinski definition) is 2. The summed E-state index contributed by atoms with van der Waals surface area (Å²) in [5, 5.41) is 23.1. The number of amides is 2. The molecule has 4 fully saturated rings. The van der Waals surface area contributed by atoms with Crippen LogP contribution < -0.4 is 5.32 Å². The van der Waals surface area contributed by atoms with E-state index in [2.05, 4.69) is 46.6 Å². The summed E-state index contributed by atoms with van der Waals surface area (Å²) in [7, 11) is 0. The Morgan fingerprint density at radius 1 is 1.06 bits per heavy atom. The van der Waals surface area contributed by atoms with Gasteiger partial charge in [-0.05, 0) is 37.7 Å². The van der Waals surface area contributed by atoms with Gasteiger partial charge in [-0.15, -0.1) is 0 Å². The lowest BCUT2D eigenvalue weighted by Gasteiger charge is -2.57. The Morgan fingerprint density at radius 2 is 1.75 bits per heavy atom. The molecule has 2 atom stereocenters. The molecular formula is C25H35N5O2. The molecule has 1 aliphatic carbocycles. The number of rotatable bonds is 5. The molecule has 5 rings (SSSR count). The van der Waals surface area contributed by atoms with Gasteiger partial charge in [0.2, 0.25) is 0 Å². The number of likely N-dealkylation sites (tertiary alicyclic amines) is 3. The zero-order valence-corrected chi connectivity index (χ0v) is 18.8. The molecule has 1 aromatic rings. The van der Waals surface area contributed by atoms with Crippen molar-refractivity contribution in [2.45, 2.75) is 68.2 Å². The number of carbonyl (C=O) groups is 1. The van der Waals surface area contributed by atoms with Crippen molar-refractivity contribution in [3.8, 4) is 6.07 Å². The van der Waals surface area contributed by atoms with Crippen molar-refractivity contribution in [1.29, 1.82) is 5.26 Å². The van der Waals surface area contributed by atoms with E-state index >= 15 is 0 Å². The number of nitriles is 1. The zero-order chi connectivity index (χ0) is 22.1. The summed E-state index contributed by atoms with van der Waals surface area (Å²) in [4.78, 5) is 19.1. The van der Waals surface area contributed by atoms with Crippen LogP contribution in [0.5, 0.6) is 0 Å². The second-order valence-electron chi connectivity index (χ2n) is 10.2. The Morgan fingerprint density at radius 3 is 2.41 bits per heavy atom. The molecule has 1 unspecified atom stereocenters. The van der Waals surface area contributed by atoms with E-state index in [-0.39, 0.29) is 17.7 Å². The van der Waals surface area contributed by atoms with Crippen LogP contribution in [-0.4, -0.2) is 88.8 Å². The summed E-state index contributed by atoms with van der Waals surface area (Å²) < 4.78 is 0. The van der Waals surface area contributed by atoms with E-state index in [1.807, 2.05) is 9.80 Å². The van der Waals surface area contributed by atoms with Gasteiger partial charge in [-0.1, -0.05) is 30.3 Å². The van der Waals surface area contributed by atoms with Crippen molar-refractivity contribution in [2.24, 2.45) is 0 Å². The molecule has 32 heavy (non-hydrogen) atoms. The van der Waals surface area contributed by atoms with Gasteiger partial charge in [-0.2, -0.15) is 5.26 Å². The van der Waals surface area contributed by atoms with Crippen molar-refractivity contribution >= 4 is 6.03 Å². The lowest BCUT2D eigenvalue weighted by Crippen LogP contribution is -2.73. The molecule has 172 valence electrons. The minimum absolute atomic E-state index is 0.0719. The number of aliphatic hydroxyl groups is 1. The SMILES string of the molecule is N#CCC1(N2CCC(N[C@@H]3CC3c3ccccc3)CC2)CN(C(=O)N2CCC(O)CC2)C1. The fourth-order valence-corrected chi connectivity index (χ4v) is 5.90. The molecule has 0 bridgehead atoms. The van der Waals surface area contributed by atoms with Gasteiger partial charge in [0.05, 0.1) is 24.1 Å². The molecule has 2 amide bonds. The van der Waals surface area contributed by atoms with E-state index in [1.54, 1.807) is 0 Å². The number of benzene rings is 1. The van der Waals surface area contributed by atoms with Gasteiger partial charge in [0, 0.05) is 57.3 Å². The van der Waals surface area contributed by atoms with Crippen LogP contribution in [0.25, 0.3) is 0 Å². The molecule has 0 radical (unpaired) electrons. The lowest BCUT2D eigenvalue weighted by molar-refractivity contribution is -0.0509. The van der Waals surface area contributed by atoms with E-state index in [4.69, 9.17) is 0 Å². The smallest absolute Gasteiger partial charge is 0.320 e. The minimum Gasteiger partial charge on any atom is -0.393 e. The van der Waals surface area contributed by atoms with Crippen LogP contribution in [0.4, 0.5) is 4.79 Å². The third kappa shape index (κ3) is 4.36. The first-order valence-electron chi connectivity index (χ1n) is 12.2. The molecular weight excluding hydrogens is 402 g/mol. The maximum atomic E-state index is 12.8. The molecule has 3 saturated heterocycles. The van der Waals surface area contributed by atoms with Crippen molar-refractivity contribution in [2.75, 3.05) is 39.3 Å². The van der Waals surface area contributed by atoms with Crippen molar-refractivity contribution in [3.63, 3.8) is 0 Å². The minimum atomic E-state index is -0.276. The Balaban J connectivity index is 1.10. The zero-order valence-electron chi connectivity index (χ0n) is 18.8. The first-order chi connectivity index (χ1) is 15.6. The Labute approximate surface area is 191 Å². The third-order valence-corrected chi connectivity index (χ3v) is 8.02. The first-order valence-corrected chi connectivity index (χ1v) is 12.2. The van der Waals surface area contributed by atoms with Crippen molar-refractivity contribution in [3.05, 3.63) is 35.9 Å². The van der Waals surface area contributed by atoms with Crippen LogP contribution in [0.1, 0.15) is 50.0 Å². The summed E-state index contributed by atoms with van der Waals surface area (Å²) in [5.74, 6) is 0.654. The second kappa shape index (κ2) is 9.01. The molecule has 3 aliphatic heterocycles. The molecule has 3 heterocycles. The monoisotopic (exact) mass is 437 g/mol. The van der Waals surface area contributed by atoms with Crippen molar-refractivity contribution < 1.29 is 9.90 Å². The highest BCUT2D eigenvalue weighted by Crippen LogP contribution is 2.42. The predicted molar refractivity (Wildman–Crippen MR) is 122 cm³/mol. The van der Waals surface area contributed by atoms with Crippen LogP contribution in [0.15, 0.2) is 30.3 Å². The second-order valence-corrected chi connectivity index (χ2v) is 10.2. The summed E-state index contributed by atoms with van der Waals surface area (Å²) >= 11 is 0. The Bertz CT molecular complexity index is 834. The molecule has 7 nitrogen and oxygen atoms in total. The topological polar surface area (TPSA) is 82.8 Å². The average molecular weight is 438 g/mol. The number of hydrogen-bond acceptors (Lipinski definition) is 5. The summed E-state index contributed by atoms with van der Waals surface area (Å²) in [5.41, 5.74) is 1.26. The highest BCUT2D eigenvalue weighted by atomic mass is 16.3. The average Bonchev–Trinajstić information content (AvgIpc) is 3.56. The highest BCUT2D eigenvalue weighted by Gasteiger charge is 2.51. The number of nitrogens with one attached hydrogen (secondary N) is 1. The van der Waals surface area contributed by atoms with Gasteiger partial charge in [0.1, 0.15) is 0 Å². The lowest BCUT2D eigenvalue weighted by atomic mass is 9.83. The predicted octanol–water partition coefficient (Wildman–Crippen LogP) is 2.14. The molecule has 7 heteroatoms. The fourth-order valence-electron chi connectivity index (χ4n) is 5.90. The quantitative estimate of drug-likeness (QED) is 0.738. The van der Waals surface area contributed by atoms with Crippen LogP contribution in [0.3, 0.4) is 0 Å². The standard InChI is InChI=1S/C25H35N5O2/c26-11-10-25(17-29(18-25)24(32)28-12-8-21(31)9-13-28)30-14-6-20(7-15-30)27-23-16-22(23)19-4-2-1-3-5-19/h1-5,20-23,27,31H,6-10,12-18H2/t22?,23-/m1/s1. The van der Waals surface area contributed by atoms with E-state index in [0.29, 0.717) is 63.4 Å². The number of carbonyl (C=O) groups excluding carboxylic acids is 1. The van der Waals surface area contributed by atoms with E-state index < -0.39 is 0 Å². The van der Waals surface area contributed by atoms with Gasteiger partial charge in [-0.25, -0.2) is 4.79 Å². The molecule has 0 spiro atoms. The Kier molecular flexibility index (Phi) is 6.11. The van der Waals surface area contributed by atoms with Gasteiger partial charge in [-0.3, -0.25) is 4.90 Å². The summed E-state index contributed by atoms with van der Waals surface area (Å²) in [6, 6.07) is 14.4. The normalized spacial score (nSPS) is 28.8. The summed E-state index contributed by atoms with van der Waals surface area (Å²) in [6.45, 7) is 4.53. The third-order valence-electron chi connectivity index (χ3n) is 8.02. The number of urea groups is 1. The van der Waals surface area contributed by atoms with Crippen LogP contribution in [-0.2, 0) is 0 Å². The number of piperidine rings is 2. The molecule has 0 aromatic heterocycles. The maximum Gasteiger partial charge on any atom is 0.320 e. The number of nitrogens with zero attached hydrogens (tertiary/aromatic N) is 4. The van der Waals surface area contributed by atoms with E-state index in [1.165, 1.54) is 12.0 Å². The van der Waals surface area contributed by atoms with Crippen LogP contribution in [0, 0.1) is 11.3 Å². The Hall–Kier alpha value is -2.14. The van der Waals surface area contributed by atoms with Crippen LogP contribution in [0.2, 0.25) is 0 Å². The van der Waals surface area contributed by atoms with Gasteiger partial charge < -0.3 is 20.2 Å². The maximum absolute atomic E-state index is 12.8. The molecule has 1 aromatic carbocycles. The molecule has 1 saturated carbocycles. The van der Waals surface area contributed by atoms with Gasteiger partial charge >= 0.3 is 6.03 Å². The van der Waals surface area contributed by atoms with Gasteiger partial charge in [0.15, 0.2) is 0 Å². The van der Waals surface area contributed by atoms with Crippen LogP contribution >= 0.6 is 0 Å². The molecule has 4 aliphatic rings.